The van der Waals surface area contributed by atoms with E-state index in [1.54, 1.807) is 36.2 Å². The molecule has 1 N–H and O–H groups in total. The number of amides is 2. The van der Waals surface area contributed by atoms with Gasteiger partial charge in [-0.05, 0) is 67.6 Å². The minimum atomic E-state index is -0.481. The highest BCUT2D eigenvalue weighted by atomic mass is 32.1. The number of hydrogen-bond acceptors (Lipinski definition) is 6. The van der Waals surface area contributed by atoms with Gasteiger partial charge in [0.25, 0.3) is 11.8 Å². The third kappa shape index (κ3) is 5.43. The van der Waals surface area contributed by atoms with E-state index in [9.17, 15) is 18.8 Å². The molecule has 4 heterocycles. The summed E-state index contributed by atoms with van der Waals surface area (Å²) in [7, 11) is 0. The number of fused-ring (bicyclic) bond motifs is 3. The van der Waals surface area contributed by atoms with E-state index < -0.39 is 5.82 Å². The van der Waals surface area contributed by atoms with Gasteiger partial charge in [-0.2, -0.15) is 5.10 Å². The van der Waals surface area contributed by atoms with Crippen LogP contribution in [0.2, 0.25) is 0 Å². The molecule has 1 saturated carbocycles. The molecule has 0 atom stereocenters. The van der Waals surface area contributed by atoms with Crippen LogP contribution in [0.5, 0.6) is 0 Å². The monoisotopic (exact) mass is 633 g/mol. The van der Waals surface area contributed by atoms with Crippen molar-refractivity contribution in [2.75, 3.05) is 16.8 Å². The van der Waals surface area contributed by atoms with Crippen LogP contribution in [0.25, 0.3) is 21.7 Å². The minimum absolute atomic E-state index is 0.0861. The van der Waals surface area contributed by atoms with Crippen LogP contribution < -0.4 is 10.2 Å². The molecule has 0 spiro atoms. The minimum Gasteiger partial charge on any atom is -0.319 e. The summed E-state index contributed by atoms with van der Waals surface area (Å²) < 4.78 is 15.8. The van der Waals surface area contributed by atoms with Gasteiger partial charge in [0, 0.05) is 40.6 Å². The van der Waals surface area contributed by atoms with Gasteiger partial charge in [0.05, 0.1) is 27.6 Å². The lowest BCUT2D eigenvalue weighted by Crippen LogP contribution is -2.33. The van der Waals surface area contributed by atoms with E-state index in [-0.39, 0.29) is 35.2 Å². The highest BCUT2D eigenvalue weighted by molar-refractivity contribution is 7.17. The number of carbonyl (C=O) groups excluding carboxylic acids is 3. The van der Waals surface area contributed by atoms with Crippen LogP contribution in [-0.4, -0.2) is 39.0 Å². The number of halogens is 1. The Morgan fingerprint density at radius 2 is 1.78 bits per heavy atom. The average molecular weight is 634 g/mol. The van der Waals surface area contributed by atoms with Crippen molar-refractivity contribution in [1.29, 1.82) is 0 Å². The molecular formula is C36H32FN5O3S. The van der Waals surface area contributed by atoms with Gasteiger partial charge >= 0.3 is 0 Å². The number of anilines is 2. The van der Waals surface area contributed by atoms with Gasteiger partial charge < -0.3 is 10.2 Å². The number of aryl methyl sites for hydroxylation is 1. The van der Waals surface area contributed by atoms with Crippen molar-refractivity contribution in [3.05, 3.63) is 106 Å². The molecule has 0 radical (unpaired) electrons. The van der Waals surface area contributed by atoms with Gasteiger partial charge in [-0.15, -0.1) is 11.3 Å². The van der Waals surface area contributed by atoms with Crippen LogP contribution in [0.4, 0.5) is 15.8 Å². The zero-order valence-electron chi connectivity index (χ0n) is 25.7. The molecule has 3 aromatic heterocycles. The molecule has 10 heteroatoms. The summed E-state index contributed by atoms with van der Waals surface area (Å²) in [5.41, 5.74) is 5.86. The number of rotatable bonds is 6. The zero-order chi connectivity index (χ0) is 32.1. The topological polar surface area (TPSA) is 97.2 Å². The third-order valence-corrected chi connectivity index (χ3v) is 9.66. The molecule has 1 aliphatic carbocycles. The van der Waals surface area contributed by atoms with Crippen LogP contribution in [0.1, 0.15) is 74.4 Å². The smallest absolute Gasteiger partial charge is 0.276 e. The number of thiophene rings is 1. The molecule has 46 heavy (non-hydrogen) atoms. The predicted molar refractivity (Wildman–Crippen MR) is 177 cm³/mol. The first-order valence-electron chi connectivity index (χ1n) is 15.4. The Hall–Kier alpha value is -4.96. The summed E-state index contributed by atoms with van der Waals surface area (Å²) in [5, 5.41) is 7.37. The van der Waals surface area contributed by atoms with Crippen molar-refractivity contribution in [2.24, 2.45) is 5.92 Å². The van der Waals surface area contributed by atoms with Gasteiger partial charge in [-0.3, -0.25) is 14.4 Å². The van der Waals surface area contributed by atoms with E-state index >= 15 is 0 Å². The van der Waals surface area contributed by atoms with Crippen molar-refractivity contribution in [1.82, 2.24) is 14.8 Å². The molecule has 1 fully saturated rings. The SMILES string of the molecule is Cc1cccc(F)c1NC(=O)c1cc2c(s1)-c1ccccc1N(C(=O)c1cccc(-c3cn(C(=O)C(C)C)nc3C3CC3)n1)CC2. The maximum Gasteiger partial charge on any atom is 0.276 e. The maximum atomic E-state index is 14.4. The molecule has 0 unspecified atom stereocenters. The van der Waals surface area contributed by atoms with E-state index in [1.807, 2.05) is 56.3 Å². The Morgan fingerprint density at radius 3 is 2.54 bits per heavy atom. The molecule has 2 aliphatic rings. The quantitative estimate of drug-likeness (QED) is 0.206. The lowest BCUT2D eigenvalue weighted by molar-refractivity contribution is 0.0837. The molecule has 5 aromatic rings. The number of nitrogens with one attached hydrogen (secondary N) is 1. The summed E-state index contributed by atoms with van der Waals surface area (Å²) in [6.07, 6.45) is 4.29. The number of pyridine rings is 1. The molecule has 7 rings (SSSR count). The van der Waals surface area contributed by atoms with Crippen LogP contribution >= 0.6 is 11.3 Å². The molecule has 2 aromatic carbocycles. The summed E-state index contributed by atoms with van der Waals surface area (Å²) in [4.78, 5) is 48.0. The lowest BCUT2D eigenvalue weighted by Gasteiger charge is -2.23. The van der Waals surface area contributed by atoms with Crippen molar-refractivity contribution < 1.29 is 18.8 Å². The highest BCUT2D eigenvalue weighted by Crippen LogP contribution is 2.44. The van der Waals surface area contributed by atoms with Crippen molar-refractivity contribution >= 4 is 40.4 Å². The summed E-state index contributed by atoms with van der Waals surface area (Å²) >= 11 is 1.33. The van der Waals surface area contributed by atoms with E-state index in [2.05, 4.69) is 10.4 Å². The van der Waals surface area contributed by atoms with E-state index in [4.69, 9.17) is 4.98 Å². The summed E-state index contributed by atoms with van der Waals surface area (Å²) in [5.74, 6) is -1.09. The first kappa shape index (κ1) is 29.7. The highest BCUT2D eigenvalue weighted by Gasteiger charge is 2.32. The van der Waals surface area contributed by atoms with E-state index in [0.717, 1.165) is 45.8 Å². The molecular weight excluding hydrogens is 601 g/mol. The molecule has 232 valence electrons. The fourth-order valence-corrected chi connectivity index (χ4v) is 6.99. The fraction of sp³-hybridized carbons (Fsp3) is 0.250. The Labute approximate surface area is 269 Å². The Morgan fingerprint density at radius 1 is 1.00 bits per heavy atom. The van der Waals surface area contributed by atoms with Crippen LogP contribution in [0.3, 0.4) is 0 Å². The molecule has 2 amide bonds. The van der Waals surface area contributed by atoms with Crippen LogP contribution in [-0.2, 0) is 6.42 Å². The Balaban J connectivity index is 1.19. The molecule has 0 bridgehead atoms. The first-order chi connectivity index (χ1) is 22.2. The first-order valence-corrected chi connectivity index (χ1v) is 16.2. The predicted octanol–water partition coefficient (Wildman–Crippen LogP) is 7.75. The molecule has 0 saturated heterocycles. The Bertz CT molecular complexity index is 2010. The Kier molecular flexibility index (Phi) is 7.60. The van der Waals surface area contributed by atoms with Crippen LogP contribution in [0.15, 0.2) is 72.9 Å². The second kappa shape index (κ2) is 11.8. The number of para-hydroxylation sites is 2. The van der Waals surface area contributed by atoms with Gasteiger partial charge in [0.1, 0.15) is 11.5 Å². The zero-order valence-corrected chi connectivity index (χ0v) is 26.5. The fourth-order valence-electron chi connectivity index (χ4n) is 5.85. The van der Waals surface area contributed by atoms with Gasteiger partial charge in [-0.25, -0.2) is 14.1 Å². The number of carbonyl (C=O) groups is 3. The van der Waals surface area contributed by atoms with E-state index in [0.29, 0.717) is 34.8 Å². The van der Waals surface area contributed by atoms with Gasteiger partial charge in [-0.1, -0.05) is 50.2 Å². The summed E-state index contributed by atoms with van der Waals surface area (Å²) in [6, 6.07) is 19.6. The third-order valence-electron chi connectivity index (χ3n) is 8.45. The number of nitrogens with zero attached hydrogens (tertiary/aromatic N) is 4. The van der Waals surface area contributed by atoms with Crippen molar-refractivity contribution in [2.45, 2.75) is 46.0 Å². The lowest BCUT2D eigenvalue weighted by atomic mass is 10.1. The number of hydrogen-bond donors (Lipinski definition) is 1. The van der Waals surface area contributed by atoms with Crippen molar-refractivity contribution in [3.63, 3.8) is 0 Å². The van der Waals surface area contributed by atoms with Crippen molar-refractivity contribution in [3.8, 4) is 21.7 Å². The standard InChI is InChI=1S/C36H32FN5O3S/c1-20(2)35(44)42-19-25(32(40-42)22-14-15-22)27-11-7-12-28(38-27)36(45)41-17-16-23-18-30(46-33(23)24-9-4-5-13-29(24)41)34(43)39-31-21(3)8-6-10-26(31)37/h4-13,18-20,22H,14-17H2,1-3H3,(H,39,43). The molecule has 1 aliphatic heterocycles. The van der Waals surface area contributed by atoms with Gasteiger partial charge in [0.2, 0.25) is 5.91 Å². The van der Waals surface area contributed by atoms with E-state index in [1.165, 1.54) is 22.1 Å². The second-order valence-corrected chi connectivity index (χ2v) is 13.2. The second-order valence-electron chi connectivity index (χ2n) is 12.1. The molecule has 8 nitrogen and oxygen atoms in total. The van der Waals surface area contributed by atoms with Crippen LogP contribution in [0, 0.1) is 18.7 Å². The number of aromatic nitrogens is 3. The van der Waals surface area contributed by atoms with Gasteiger partial charge in [0.15, 0.2) is 0 Å². The average Bonchev–Trinajstić information content (AvgIpc) is 3.70. The summed E-state index contributed by atoms with van der Waals surface area (Å²) in [6.45, 7) is 5.82. The maximum absolute atomic E-state index is 14.4. The normalized spacial score (nSPS) is 14.1. The number of benzene rings is 2. The largest absolute Gasteiger partial charge is 0.319 e.